The Morgan fingerprint density at radius 3 is 2.65 bits per heavy atom. The van der Waals surface area contributed by atoms with Crippen LogP contribution in [0.4, 0.5) is 0 Å². The van der Waals surface area contributed by atoms with Gasteiger partial charge < -0.3 is 5.32 Å². The number of carbonyl (C=O) groups is 1. The van der Waals surface area contributed by atoms with Crippen molar-refractivity contribution in [3.05, 3.63) is 29.0 Å². The minimum absolute atomic E-state index is 0.189. The number of nitrogens with zero attached hydrogens (tertiary/aromatic N) is 2. The molecule has 1 aliphatic heterocycles. The molecule has 126 valence electrons. The summed E-state index contributed by atoms with van der Waals surface area (Å²) in [5.74, 6) is 0.470. The van der Waals surface area contributed by atoms with Gasteiger partial charge in [-0.25, -0.2) is 4.98 Å². The van der Waals surface area contributed by atoms with Crippen molar-refractivity contribution in [3.8, 4) is 0 Å². The Bertz CT molecular complexity index is 523. The molecule has 2 heterocycles. The lowest BCUT2D eigenvalue weighted by Crippen LogP contribution is -2.44. The zero-order chi connectivity index (χ0) is 16.1. The third kappa shape index (κ3) is 4.92. The van der Waals surface area contributed by atoms with Gasteiger partial charge >= 0.3 is 0 Å². The molecule has 0 bridgehead atoms. The molecule has 0 aromatic carbocycles. The third-order valence-electron chi connectivity index (χ3n) is 5.11. The van der Waals surface area contributed by atoms with E-state index in [0.29, 0.717) is 11.2 Å². The Balaban J connectivity index is 1.43. The lowest BCUT2D eigenvalue weighted by atomic mass is 9.92. The summed E-state index contributed by atoms with van der Waals surface area (Å²) in [6.07, 6.45) is 9.83. The standard InChI is InChI=1S/C18H26ClN3O/c19-17-12-14(6-9-20-17)13-22-10-7-15(8-11-22)18(23)21-16-4-2-1-3-5-16/h6,9,12,15-16H,1-5,7-8,10-11,13H2,(H,21,23). The number of hydrogen-bond acceptors (Lipinski definition) is 3. The maximum Gasteiger partial charge on any atom is 0.223 e. The highest BCUT2D eigenvalue weighted by molar-refractivity contribution is 6.29. The first-order chi connectivity index (χ1) is 11.2. The van der Waals surface area contributed by atoms with Gasteiger partial charge in [0.15, 0.2) is 0 Å². The smallest absolute Gasteiger partial charge is 0.223 e. The number of amides is 1. The molecule has 1 amide bonds. The number of nitrogens with one attached hydrogen (secondary N) is 1. The van der Waals surface area contributed by atoms with Crippen molar-refractivity contribution >= 4 is 17.5 Å². The number of rotatable bonds is 4. The van der Waals surface area contributed by atoms with E-state index < -0.39 is 0 Å². The van der Waals surface area contributed by atoms with Crippen LogP contribution in [0.2, 0.25) is 5.15 Å². The summed E-state index contributed by atoms with van der Waals surface area (Å²) >= 11 is 5.94. The Morgan fingerprint density at radius 1 is 1.22 bits per heavy atom. The third-order valence-corrected chi connectivity index (χ3v) is 5.31. The molecule has 1 aromatic heterocycles. The Hall–Kier alpha value is -1.13. The van der Waals surface area contributed by atoms with E-state index in [1.807, 2.05) is 12.1 Å². The predicted octanol–water partition coefficient (Wildman–Crippen LogP) is 3.40. The van der Waals surface area contributed by atoms with Gasteiger partial charge in [-0.3, -0.25) is 9.69 Å². The molecule has 0 atom stereocenters. The van der Waals surface area contributed by atoms with Gasteiger partial charge in [0.25, 0.3) is 0 Å². The van der Waals surface area contributed by atoms with Crippen LogP contribution < -0.4 is 5.32 Å². The summed E-state index contributed by atoms with van der Waals surface area (Å²) in [5, 5.41) is 3.82. The normalized spacial score (nSPS) is 21.3. The largest absolute Gasteiger partial charge is 0.353 e. The molecule has 2 aliphatic rings. The summed E-state index contributed by atoms with van der Waals surface area (Å²) < 4.78 is 0. The molecule has 5 heteroatoms. The molecule has 0 unspecified atom stereocenters. The van der Waals surface area contributed by atoms with Crippen LogP contribution >= 0.6 is 11.6 Å². The highest BCUT2D eigenvalue weighted by atomic mass is 35.5. The second-order valence-electron chi connectivity index (χ2n) is 6.88. The van der Waals surface area contributed by atoms with E-state index in [9.17, 15) is 4.79 Å². The van der Waals surface area contributed by atoms with Gasteiger partial charge in [-0.15, -0.1) is 0 Å². The predicted molar refractivity (Wildman–Crippen MR) is 92.3 cm³/mol. The van der Waals surface area contributed by atoms with E-state index >= 15 is 0 Å². The maximum absolute atomic E-state index is 12.4. The molecule has 1 saturated heterocycles. The van der Waals surface area contributed by atoms with Gasteiger partial charge in [0, 0.05) is 24.7 Å². The highest BCUT2D eigenvalue weighted by Gasteiger charge is 2.26. The Morgan fingerprint density at radius 2 is 1.96 bits per heavy atom. The number of likely N-dealkylation sites (tertiary alicyclic amines) is 1. The molecule has 23 heavy (non-hydrogen) atoms. The van der Waals surface area contributed by atoms with E-state index in [1.54, 1.807) is 6.20 Å². The van der Waals surface area contributed by atoms with Gasteiger partial charge in [-0.2, -0.15) is 0 Å². The molecule has 1 N–H and O–H groups in total. The zero-order valence-corrected chi connectivity index (χ0v) is 14.4. The van der Waals surface area contributed by atoms with Crippen LogP contribution in [-0.2, 0) is 11.3 Å². The zero-order valence-electron chi connectivity index (χ0n) is 13.6. The van der Waals surface area contributed by atoms with Gasteiger partial charge in [0.2, 0.25) is 5.91 Å². The summed E-state index contributed by atoms with van der Waals surface area (Å²) in [7, 11) is 0. The van der Waals surface area contributed by atoms with Gasteiger partial charge in [0.05, 0.1) is 0 Å². The second-order valence-corrected chi connectivity index (χ2v) is 7.27. The quantitative estimate of drug-likeness (QED) is 0.858. The van der Waals surface area contributed by atoms with Crippen LogP contribution in [0.5, 0.6) is 0 Å². The topological polar surface area (TPSA) is 45.2 Å². The maximum atomic E-state index is 12.4. The summed E-state index contributed by atoms with van der Waals surface area (Å²) in [5.41, 5.74) is 1.19. The fraction of sp³-hybridized carbons (Fsp3) is 0.667. The average Bonchev–Trinajstić information content (AvgIpc) is 2.56. The van der Waals surface area contributed by atoms with Crippen molar-refractivity contribution in [2.24, 2.45) is 5.92 Å². The molecule has 0 spiro atoms. The second kappa shape index (κ2) is 8.11. The minimum Gasteiger partial charge on any atom is -0.353 e. The van der Waals surface area contributed by atoms with Crippen molar-refractivity contribution in [1.82, 2.24) is 15.2 Å². The highest BCUT2D eigenvalue weighted by Crippen LogP contribution is 2.22. The summed E-state index contributed by atoms with van der Waals surface area (Å²) in [4.78, 5) is 18.8. The van der Waals surface area contributed by atoms with Crippen LogP contribution in [0.25, 0.3) is 0 Å². The molecular weight excluding hydrogens is 310 g/mol. The van der Waals surface area contributed by atoms with Crippen LogP contribution in [0.1, 0.15) is 50.5 Å². The van der Waals surface area contributed by atoms with Gasteiger partial charge in [0.1, 0.15) is 5.15 Å². The lowest BCUT2D eigenvalue weighted by molar-refractivity contribution is -0.127. The number of pyridine rings is 1. The summed E-state index contributed by atoms with van der Waals surface area (Å²) in [6.45, 7) is 2.84. The van der Waals surface area contributed by atoms with E-state index in [2.05, 4.69) is 15.2 Å². The average molecular weight is 336 g/mol. The van der Waals surface area contributed by atoms with Crippen LogP contribution in [0, 0.1) is 5.92 Å². The van der Waals surface area contributed by atoms with Crippen LogP contribution in [0.3, 0.4) is 0 Å². The van der Waals surface area contributed by atoms with E-state index in [1.165, 1.54) is 24.8 Å². The fourth-order valence-corrected chi connectivity index (χ4v) is 3.91. The van der Waals surface area contributed by atoms with E-state index in [4.69, 9.17) is 11.6 Å². The monoisotopic (exact) mass is 335 g/mol. The molecule has 1 saturated carbocycles. The molecule has 4 nitrogen and oxygen atoms in total. The van der Waals surface area contributed by atoms with Crippen LogP contribution in [-0.4, -0.2) is 34.9 Å². The van der Waals surface area contributed by atoms with Crippen LogP contribution in [0.15, 0.2) is 18.3 Å². The van der Waals surface area contributed by atoms with Gasteiger partial charge in [-0.05, 0) is 56.5 Å². The molecule has 0 radical (unpaired) electrons. The van der Waals surface area contributed by atoms with E-state index in [0.717, 1.165) is 45.3 Å². The van der Waals surface area contributed by atoms with Crippen molar-refractivity contribution < 1.29 is 4.79 Å². The van der Waals surface area contributed by atoms with Crippen molar-refractivity contribution in [3.63, 3.8) is 0 Å². The number of halogens is 1. The van der Waals surface area contributed by atoms with E-state index in [-0.39, 0.29) is 11.8 Å². The van der Waals surface area contributed by atoms with Crippen molar-refractivity contribution in [2.75, 3.05) is 13.1 Å². The molecule has 1 aliphatic carbocycles. The first-order valence-corrected chi connectivity index (χ1v) is 9.21. The molecule has 1 aromatic rings. The summed E-state index contributed by atoms with van der Waals surface area (Å²) in [6, 6.07) is 4.35. The molecular formula is C18H26ClN3O. The number of piperidine rings is 1. The first kappa shape index (κ1) is 16.7. The first-order valence-electron chi connectivity index (χ1n) is 8.84. The SMILES string of the molecule is O=C(NC1CCCCC1)C1CCN(Cc2ccnc(Cl)c2)CC1. The number of carbonyl (C=O) groups excluding carboxylic acids is 1. The minimum atomic E-state index is 0.189. The van der Waals surface area contributed by atoms with Crippen molar-refractivity contribution in [1.29, 1.82) is 0 Å². The Kier molecular flexibility index (Phi) is 5.90. The number of hydrogen-bond donors (Lipinski definition) is 1. The van der Waals surface area contributed by atoms with Crippen molar-refractivity contribution in [2.45, 2.75) is 57.5 Å². The molecule has 3 rings (SSSR count). The number of aromatic nitrogens is 1. The lowest BCUT2D eigenvalue weighted by Gasteiger charge is -2.32. The fourth-order valence-electron chi connectivity index (χ4n) is 3.72. The Labute approximate surface area is 143 Å². The van der Waals surface area contributed by atoms with Gasteiger partial charge in [-0.1, -0.05) is 30.9 Å². The molecule has 2 fully saturated rings.